The zero-order valence-corrected chi connectivity index (χ0v) is 10.4. The third-order valence-electron chi connectivity index (χ3n) is 2.39. The van der Waals surface area contributed by atoms with Gasteiger partial charge in [0.2, 0.25) is 5.91 Å². The summed E-state index contributed by atoms with van der Waals surface area (Å²) in [7, 11) is 0. The van der Waals surface area contributed by atoms with Crippen LogP contribution in [0.2, 0.25) is 0 Å². The predicted octanol–water partition coefficient (Wildman–Crippen LogP) is 2.76. The molecule has 96 valence electrons. The first-order valence-corrected chi connectivity index (χ1v) is 5.80. The molecule has 0 bridgehead atoms. The fraction of sp³-hybridized carbons (Fsp3) is 0.0667. The fourth-order valence-corrected chi connectivity index (χ4v) is 1.59. The molecule has 2 aromatic rings. The highest BCUT2D eigenvalue weighted by Gasteiger charge is 2.13. The number of amides is 2. The van der Waals surface area contributed by atoms with Gasteiger partial charge in [0.1, 0.15) is 11.5 Å². The van der Waals surface area contributed by atoms with Gasteiger partial charge in [-0.3, -0.25) is 14.9 Å². The molecule has 1 N–H and O–H groups in total. The first-order valence-electron chi connectivity index (χ1n) is 5.80. The monoisotopic (exact) mass is 255 g/mol. The van der Waals surface area contributed by atoms with E-state index < -0.39 is 11.8 Å². The van der Waals surface area contributed by atoms with Crippen molar-refractivity contribution in [1.82, 2.24) is 5.32 Å². The van der Waals surface area contributed by atoms with E-state index in [1.54, 1.807) is 36.4 Å². The Hall–Kier alpha value is -2.62. The number of nitrogens with one attached hydrogen (secondary N) is 1. The minimum absolute atomic E-state index is 0.321. The second-order valence-corrected chi connectivity index (χ2v) is 3.92. The Balaban J connectivity index is 2.26. The van der Waals surface area contributed by atoms with Gasteiger partial charge in [0.05, 0.1) is 5.56 Å². The van der Waals surface area contributed by atoms with Crippen LogP contribution >= 0.6 is 0 Å². The van der Waals surface area contributed by atoms with Gasteiger partial charge in [0.25, 0.3) is 5.91 Å². The summed E-state index contributed by atoms with van der Waals surface area (Å²) in [6.07, 6.45) is 0. The maximum Gasteiger partial charge on any atom is 0.261 e. The summed E-state index contributed by atoms with van der Waals surface area (Å²) in [5, 5.41) is 2.23. The molecule has 2 rings (SSSR count). The Kier molecular flexibility index (Phi) is 3.93. The lowest BCUT2D eigenvalue weighted by molar-refractivity contribution is -0.118. The van der Waals surface area contributed by atoms with Gasteiger partial charge in [-0.15, -0.1) is 0 Å². The molecule has 0 heterocycles. The molecule has 2 amide bonds. The lowest BCUT2D eigenvalue weighted by Crippen LogP contribution is -2.28. The summed E-state index contributed by atoms with van der Waals surface area (Å²) in [4.78, 5) is 22.8. The quantitative estimate of drug-likeness (QED) is 0.917. The molecule has 0 aromatic heterocycles. The van der Waals surface area contributed by atoms with Crippen molar-refractivity contribution in [2.45, 2.75) is 6.92 Å². The number of hydrogen-bond donors (Lipinski definition) is 1. The minimum Gasteiger partial charge on any atom is -0.457 e. The molecule has 4 heteroatoms. The average molecular weight is 255 g/mol. The van der Waals surface area contributed by atoms with Crippen LogP contribution in [-0.4, -0.2) is 11.8 Å². The molecule has 0 radical (unpaired) electrons. The molecule has 0 fully saturated rings. The lowest BCUT2D eigenvalue weighted by Gasteiger charge is -2.10. The van der Waals surface area contributed by atoms with E-state index in [1.165, 1.54) is 6.92 Å². The van der Waals surface area contributed by atoms with E-state index in [2.05, 4.69) is 5.32 Å². The van der Waals surface area contributed by atoms with Crippen LogP contribution in [0, 0.1) is 0 Å². The topological polar surface area (TPSA) is 55.4 Å². The van der Waals surface area contributed by atoms with Gasteiger partial charge in [-0.25, -0.2) is 0 Å². The smallest absolute Gasteiger partial charge is 0.261 e. The van der Waals surface area contributed by atoms with Crippen molar-refractivity contribution in [1.29, 1.82) is 0 Å². The van der Waals surface area contributed by atoms with E-state index in [0.717, 1.165) is 0 Å². The standard InChI is InChI=1S/C15H13NO3/c1-11(17)16-15(18)13-9-5-6-10-14(13)19-12-7-3-2-4-8-12/h2-10H,1H3,(H,16,17,18). The van der Waals surface area contributed by atoms with Crippen LogP contribution in [-0.2, 0) is 4.79 Å². The van der Waals surface area contributed by atoms with Gasteiger partial charge in [-0.05, 0) is 24.3 Å². The summed E-state index contributed by atoms with van der Waals surface area (Å²) in [5.41, 5.74) is 0.321. The van der Waals surface area contributed by atoms with Gasteiger partial charge < -0.3 is 4.74 Å². The summed E-state index contributed by atoms with van der Waals surface area (Å²) >= 11 is 0. The largest absolute Gasteiger partial charge is 0.457 e. The predicted molar refractivity (Wildman–Crippen MR) is 71.1 cm³/mol. The highest BCUT2D eigenvalue weighted by Crippen LogP contribution is 2.24. The van der Waals surface area contributed by atoms with E-state index in [-0.39, 0.29) is 0 Å². The number of ether oxygens (including phenoxy) is 1. The molecule has 0 saturated heterocycles. The highest BCUT2D eigenvalue weighted by molar-refractivity contribution is 6.05. The summed E-state index contributed by atoms with van der Waals surface area (Å²) < 4.78 is 5.64. The molecular weight excluding hydrogens is 242 g/mol. The van der Waals surface area contributed by atoms with Crippen molar-refractivity contribution >= 4 is 11.8 Å². The number of rotatable bonds is 3. The SMILES string of the molecule is CC(=O)NC(=O)c1ccccc1Oc1ccccc1. The molecule has 0 saturated carbocycles. The van der Waals surface area contributed by atoms with Crippen LogP contribution in [0.3, 0.4) is 0 Å². The van der Waals surface area contributed by atoms with Crippen molar-refractivity contribution in [2.75, 3.05) is 0 Å². The third kappa shape index (κ3) is 3.42. The summed E-state index contributed by atoms with van der Waals surface area (Å²) in [5.74, 6) is 0.163. The molecule has 19 heavy (non-hydrogen) atoms. The van der Waals surface area contributed by atoms with Crippen molar-refractivity contribution in [2.24, 2.45) is 0 Å². The molecule has 0 unspecified atom stereocenters. The second kappa shape index (κ2) is 5.82. The van der Waals surface area contributed by atoms with E-state index in [0.29, 0.717) is 17.1 Å². The summed E-state index contributed by atoms with van der Waals surface area (Å²) in [6.45, 7) is 1.29. The maximum absolute atomic E-state index is 11.9. The van der Waals surface area contributed by atoms with Crippen LogP contribution in [0.15, 0.2) is 54.6 Å². The Morgan fingerprint density at radius 1 is 0.947 bits per heavy atom. The number of benzene rings is 2. The number of para-hydroxylation sites is 2. The number of imide groups is 1. The average Bonchev–Trinajstić information content (AvgIpc) is 2.39. The fourth-order valence-electron chi connectivity index (χ4n) is 1.59. The molecule has 0 spiro atoms. The number of carbonyl (C=O) groups is 2. The lowest BCUT2D eigenvalue weighted by atomic mass is 10.2. The summed E-state index contributed by atoms with van der Waals surface area (Å²) in [6, 6.07) is 15.9. The first kappa shape index (κ1) is 12.8. The molecular formula is C15H13NO3. The molecule has 0 aliphatic carbocycles. The molecule has 2 aromatic carbocycles. The van der Waals surface area contributed by atoms with Crippen LogP contribution < -0.4 is 10.1 Å². The van der Waals surface area contributed by atoms with Gasteiger partial charge in [-0.2, -0.15) is 0 Å². The molecule has 0 aliphatic rings. The van der Waals surface area contributed by atoms with Crippen molar-refractivity contribution in [3.63, 3.8) is 0 Å². The Morgan fingerprint density at radius 3 is 2.26 bits per heavy atom. The Bertz CT molecular complexity index is 593. The first-order chi connectivity index (χ1) is 9.16. The minimum atomic E-state index is -0.473. The third-order valence-corrected chi connectivity index (χ3v) is 2.39. The second-order valence-electron chi connectivity index (χ2n) is 3.92. The zero-order valence-electron chi connectivity index (χ0n) is 10.4. The van der Waals surface area contributed by atoms with Crippen LogP contribution in [0.1, 0.15) is 17.3 Å². The highest BCUT2D eigenvalue weighted by atomic mass is 16.5. The van der Waals surface area contributed by atoms with Crippen LogP contribution in [0.5, 0.6) is 11.5 Å². The normalized spacial score (nSPS) is 9.74. The number of hydrogen-bond acceptors (Lipinski definition) is 3. The van der Waals surface area contributed by atoms with Crippen molar-refractivity contribution in [3.8, 4) is 11.5 Å². The van der Waals surface area contributed by atoms with Gasteiger partial charge in [0, 0.05) is 6.92 Å². The van der Waals surface area contributed by atoms with Gasteiger partial charge in [0.15, 0.2) is 0 Å². The Labute approximate surface area is 111 Å². The molecule has 0 aliphatic heterocycles. The van der Waals surface area contributed by atoms with Crippen LogP contribution in [0.25, 0.3) is 0 Å². The maximum atomic E-state index is 11.9. The molecule has 4 nitrogen and oxygen atoms in total. The van der Waals surface area contributed by atoms with Crippen LogP contribution in [0.4, 0.5) is 0 Å². The van der Waals surface area contributed by atoms with E-state index in [9.17, 15) is 9.59 Å². The van der Waals surface area contributed by atoms with Crippen molar-refractivity contribution < 1.29 is 14.3 Å². The van der Waals surface area contributed by atoms with Gasteiger partial charge >= 0.3 is 0 Å². The molecule has 0 atom stereocenters. The van der Waals surface area contributed by atoms with E-state index >= 15 is 0 Å². The zero-order chi connectivity index (χ0) is 13.7. The number of carbonyl (C=O) groups excluding carboxylic acids is 2. The van der Waals surface area contributed by atoms with E-state index in [4.69, 9.17) is 4.74 Å². The van der Waals surface area contributed by atoms with Gasteiger partial charge in [-0.1, -0.05) is 30.3 Å². The van der Waals surface area contributed by atoms with Crippen molar-refractivity contribution in [3.05, 3.63) is 60.2 Å². The van der Waals surface area contributed by atoms with E-state index in [1.807, 2.05) is 18.2 Å². The Morgan fingerprint density at radius 2 is 1.58 bits per heavy atom.